The van der Waals surface area contributed by atoms with Gasteiger partial charge in [-0.05, 0) is 69.4 Å². The zero-order valence-electron chi connectivity index (χ0n) is 24.9. The number of aromatic nitrogens is 3. The van der Waals surface area contributed by atoms with Crippen molar-refractivity contribution in [3.05, 3.63) is 158 Å². The summed E-state index contributed by atoms with van der Waals surface area (Å²) in [7, 11) is 0. The third-order valence-corrected chi connectivity index (χ3v) is 9.61. The largest absolute Gasteiger partial charge is 0.354 e. The minimum atomic E-state index is 1.07. The molecule has 0 aliphatic heterocycles. The molecule has 46 heavy (non-hydrogen) atoms. The Morgan fingerprint density at radius 2 is 1.04 bits per heavy atom. The molecule has 0 aliphatic rings. The minimum absolute atomic E-state index is 1.07. The molecule has 0 amide bonds. The van der Waals surface area contributed by atoms with Crippen LogP contribution < -0.4 is 0 Å². The summed E-state index contributed by atoms with van der Waals surface area (Å²) in [6, 6.07) is 52.9. The molecule has 0 spiro atoms. The topological polar surface area (TPSA) is 33.6 Å². The Hall–Kier alpha value is -6.19. The number of fused-ring (bicyclic) bond motifs is 10. The van der Waals surface area contributed by atoms with E-state index in [0.717, 1.165) is 5.69 Å². The second kappa shape index (κ2) is 9.65. The maximum absolute atomic E-state index is 4.46. The molecule has 0 radical (unpaired) electrons. The van der Waals surface area contributed by atoms with Crippen molar-refractivity contribution in [3.63, 3.8) is 0 Å². The molecule has 10 aromatic rings. The van der Waals surface area contributed by atoms with Gasteiger partial charge in [-0.25, -0.2) is 0 Å². The number of benzene rings is 7. The van der Waals surface area contributed by atoms with Crippen molar-refractivity contribution in [2.45, 2.75) is 0 Å². The predicted octanol–water partition coefficient (Wildman–Crippen LogP) is 11.5. The molecule has 0 fully saturated rings. The molecular formula is C43H27N3. The van der Waals surface area contributed by atoms with Gasteiger partial charge in [0.2, 0.25) is 0 Å². The van der Waals surface area contributed by atoms with Crippen molar-refractivity contribution in [1.82, 2.24) is 14.5 Å². The molecular weight excluding hydrogens is 558 g/mol. The Morgan fingerprint density at radius 3 is 1.76 bits per heavy atom. The summed E-state index contributed by atoms with van der Waals surface area (Å²) in [5, 5.41) is 9.97. The monoisotopic (exact) mass is 585 g/mol. The fourth-order valence-electron chi connectivity index (χ4n) is 7.57. The predicted molar refractivity (Wildman–Crippen MR) is 194 cm³/mol. The molecule has 214 valence electrons. The summed E-state index contributed by atoms with van der Waals surface area (Å²) < 4.78 is 2.36. The van der Waals surface area contributed by atoms with Crippen LogP contribution in [-0.2, 0) is 0 Å². The average Bonchev–Trinajstić information content (AvgIpc) is 3.68. The Bertz CT molecular complexity index is 2780. The van der Waals surface area contributed by atoms with E-state index < -0.39 is 0 Å². The van der Waals surface area contributed by atoms with Crippen molar-refractivity contribution in [2.75, 3.05) is 0 Å². The Balaban J connectivity index is 1.20. The average molecular weight is 586 g/mol. The molecule has 7 aromatic carbocycles. The molecule has 3 aromatic heterocycles. The van der Waals surface area contributed by atoms with E-state index in [-0.39, 0.29) is 0 Å². The van der Waals surface area contributed by atoms with Crippen LogP contribution in [0.3, 0.4) is 0 Å². The zero-order valence-corrected chi connectivity index (χ0v) is 24.9. The highest BCUT2D eigenvalue weighted by Crippen LogP contribution is 2.42. The second-order valence-electron chi connectivity index (χ2n) is 12.1. The summed E-state index contributed by atoms with van der Waals surface area (Å²) in [5.74, 6) is 0. The first-order valence-electron chi connectivity index (χ1n) is 15.7. The summed E-state index contributed by atoms with van der Waals surface area (Å²) in [6.45, 7) is 0. The van der Waals surface area contributed by atoms with E-state index in [0.29, 0.717) is 0 Å². The lowest BCUT2D eigenvalue weighted by molar-refractivity contribution is 1.15. The number of pyridine rings is 1. The number of rotatable bonds is 3. The number of nitrogens with zero attached hydrogens (tertiary/aromatic N) is 2. The van der Waals surface area contributed by atoms with Gasteiger partial charge in [0.1, 0.15) is 0 Å². The number of H-pyrrole nitrogens is 1. The summed E-state index contributed by atoms with van der Waals surface area (Å²) >= 11 is 0. The highest BCUT2D eigenvalue weighted by molar-refractivity contribution is 6.23. The van der Waals surface area contributed by atoms with Gasteiger partial charge in [-0.3, -0.25) is 4.98 Å². The van der Waals surface area contributed by atoms with Gasteiger partial charge in [-0.2, -0.15) is 0 Å². The van der Waals surface area contributed by atoms with Gasteiger partial charge < -0.3 is 9.55 Å². The second-order valence-corrected chi connectivity index (χ2v) is 12.1. The van der Waals surface area contributed by atoms with Crippen LogP contribution in [0.25, 0.3) is 93.1 Å². The van der Waals surface area contributed by atoms with E-state index in [2.05, 4.69) is 154 Å². The van der Waals surface area contributed by atoms with E-state index in [1.54, 1.807) is 0 Å². The summed E-state index contributed by atoms with van der Waals surface area (Å²) in [6.07, 6.45) is 3.78. The maximum atomic E-state index is 4.46. The molecule has 0 bridgehead atoms. The molecule has 0 saturated carbocycles. The first kappa shape index (κ1) is 25.2. The van der Waals surface area contributed by atoms with Crippen LogP contribution in [0.15, 0.2) is 158 Å². The Kier molecular flexibility index (Phi) is 5.28. The molecule has 0 saturated heterocycles. The van der Waals surface area contributed by atoms with Gasteiger partial charge in [0, 0.05) is 44.0 Å². The number of hydrogen-bond acceptors (Lipinski definition) is 1. The van der Waals surface area contributed by atoms with Crippen LogP contribution in [0.5, 0.6) is 0 Å². The lowest BCUT2D eigenvalue weighted by Crippen LogP contribution is -1.95. The van der Waals surface area contributed by atoms with Gasteiger partial charge in [-0.1, -0.05) is 109 Å². The van der Waals surface area contributed by atoms with E-state index >= 15 is 0 Å². The van der Waals surface area contributed by atoms with Crippen molar-refractivity contribution in [2.24, 2.45) is 0 Å². The third kappa shape index (κ3) is 3.57. The van der Waals surface area contributed by atoms with Gasteiger partial charge in [0.15, 0.2) is 0 Å². The van der Waals surface area contributed by atoms with E-state index in [9.17, 15) is 0 Å². The van der Waals surface area contributed by atoms with Crippen LogP contribution in [0.2, 0.25) is 0 Å². The number of para-hydroxylation sites is 2. The van der Waals surface area contributed by atoms with Crippen molar-refractivity contribution < 1.29 is 0 Å². The van der Waals surface area contributed by atoms with Gasteiger partial charge in [0.05, 0.1) is 28.4 Å². The van der Waals surface area contributed by atoms with Crippen LogP contribution in [0, 0.1) is 0 Å². The molecule has 1 N–H and O–H groups in total. The Labute approximate surface area is 265 Å². The lowest BCUT2D eigenvalue weighted by Gasteiger charge is -2.13. The van der Waals surface area contributed by atoms with E-state index in [4.69, 9.17) is 0 Å². The molecule has 0 atom stereocenters. The lowest BCUT2D eigenvalue weighted by atomic mass is 9.92. The minimum Gasteiger partial charge on any atom is -0.354 e. The molecule has 3 heterocycles. The number of hydrogen-bond donors (Lipinski definition) is 1. The normalized spacial score (nSPS) is 11.9. The number of nitrogens with one attached hydrogen (secondary N) is 1. The quantitative estimate of drug-likeness (QED) is 0.220. The highest BCUT2D eigenvalue weighted by Gasteiger charge is 2.18. The van der Waals surface area contributed by atoms with Crippen molar-refractivity contribution in [3.8, 4) is 27.9 Å². The fraction of sp³-hybridized carbons (Fsp3) is 0. The SMILES string of the molecule is c1cncc(-n2c3ccccc3c3cc(-c4ccc(-c5cc6c7ccccc7[nH]c6c6ccccc56)cc4)c4ccccc4c32)c1. The summed E-state index contributed by atoms with van der Waals surface area (Å²) in [4.78, 5) is 8.14. The van der Waals surface area contributed by atoms with E-state index in [1.165, 1.54) is 87.4 Å². The summed E-state index contributed by atoms with van der Waals surface area (Å²) in [5.41, 5.74) is 10.7. The van der Waals surface area contributed by atoms with Gasteiger partial charge in [0.25, 0.3) is 0 Å². The van der Waals surface area contributed by atoms with Crippen molar-refractivity contribution >= 4 is 65.2 Å². The Morgan fingerprint density at radius 1 is 0.457 bits per heavy atom. The molecule has 0 unspecified atom stereocenters. The zero-order chi connectivity index (χ0) is 30.2. The van der Waals surface area contributed by atoms with Crippen LogP contribution >= 0.6 is 0 Å². The first-order valence-corrected chi connectivity index (χ1v) is 15.7. The maximum Gasteiger partial charge on any atom is 0.0645 e. The van der Waals surface area contributed by atoms with Crippen molar-refractivity contribution in [1.29, 1.82) is 0 Å². The highest BCUT2D eigenvalue weighted by atomic mass is 15.0. The third-order valence-electron chi connectivity index (χ3n) is 9.61. The van der Waals surface area contributed by atoms with Crippen LogP contribution in [-0.4, -0.2) is 14.5 Å². The van der Waals surface area contributed by atoms with Gasteiger partial charge in [-0.15, -0.1) is 0 Å². The molecule has 0 aliphatic carbocycles. The van der Waals surface area contributed by atoms with Gasteiger partial charge >= 0.3 is 0 Å². The van der Waals surface area contributed by atoms with Crippen LogP contribution in [0.1, 0.15) is 0 Å². The first-order chi connectivity index (χ1) is 22.8. The van der Waals surface area contributed by atoms with E-state index in [1.807, 2.05) is 18.5 Å². The molecule has 10 rings (SSSR count). The smallest absolute Gasteiger partial charge is 0.0645 e. The number of aromatic amines is 1. The molecule has 3 nitrogen and oxygen atoms in total. The van der Waals surface area contributed by atoms with Crippen LogP contribution in [0.4, 0.5) is 0 Å². The standard InChI is InChI=1S/C43H27N3/c1-3-15-34-30(11-1)36(24-38-32-13-5-7-17-40(32)45-42(34)38)27-19-21-28(22-20-27)37-25-39-33-14-6-8-18-41(33)46(29-10-9-23-44-26-29)43(39)35-16-4-2-12-31(35)37/h1-26,45H. The fourth-order valence-corrected chi connectivity index (χ4v) is 7.57. The molecule has 3 heteroatoms.